The van der Waals surface area contributed by atoms with Crippen LogP contribution < -0.4 is 18.9 Å². The van der Waals surface area contributed by atoms with Gasteiger partial charge in [-0.1, -0.05) is 36.4 Å². The SMILES string of the molecule is COc1cc2nccc(Oc3ccc(-c4ccc(Oc5ccccc5)cc4)cc3F)c2cc1OC. The number of hydrogen-bond donors (Lipinski definition) is 0. The number of fused-ring (bicyclic) bond motifs is 1. The van der Waals surface area contributed by atoms with Gasteiger partial charge in [0.1, 0.15) is 17.2 Å². The Kier molecular flexibility index (Phi) is 6.18. The summed E-state index contributed by atoms with van der Waals surface area (Å²) in [4.78, 5) is 4.36. The number of hydrogen-bond acceptors (Lipinski definition) is 5. The van der Waals surface area contributed by atoms with E-state index in [2.05, 4.69) is 4.98 Å². The molecule has 0 saturated heterocycles. The number of benzene rings is 4. The second-order valence-corrected chi connectivity index (χ2v) is 7.72. The molecule has 0 unspecified atom stereocenters. The van der Waals surface area contributed by atoms with E-state index >= 15 is 4.39 Å². The summed E-state index contributed by atoms with van der Waals surface area (Å²) in [6, 6.07) is 27.1. The summed E-state index contributed by atoms with van der Waals surface area (Å²) in [5.74, 6) is 2.65. The summed E-state index contributed by atoms with van der Waals surface area (Å²) < 4.78 is 37.5. The Balaban J connectivity index is 1.38. The Labute approximate surface area is 202 Å². The van der Waals surface area contributed by atoms with Crippen LogP contribution in [-0.2, 0) is 0 Å². The molecule has 5 nitrogen and oxygen atoms in total. The number of halogens is 1. The fourth-order valence-electron chi connectivity index (χ4n) is 3.76. The lowest BCUT2D eigenvalue weighted by molar-refractivity contribution is 0.355. The molecule has 0 fully saturated rings. The standard InChI is InChI=1S/C29H22FNO4/c1-32-28-17-23-25(18-29(28)33-2)31-15-14-26(23)35-27-13-10-20(16-24(27)30)19-8-11-22(12-9-19)34-21-6-4-3-5-7-21/h3-18H,1-2H3. The summed E-state index contributed by atoms with van der Waals surface area (Å²) >= 11 is 0. The summed E-state index contributed by atoms with van der Waals surface area (Å²) in [6.45, 7) is 0. The van der Waals surface area contributed by atoms with E-state index in [-0.39, 0.29) is 5.75 Å². The molecule has 6 heteroatoms. The summed E-state index contributed by atoms with van der Waals surface area (Å²) in [5, 5.41) is 0.683. The molecule has 0 spiro atoms. The molecular formula is C29H22FNO4. The number of nitrogens with zero attached hydrogens (tertiary/aromatic N) is 1. The van der Waals surface area contributed by atoms with Crippen LogP contribution in [0.1, 0.15) is 0 Å². The molecule has 0 N–H and O–H groups in total. The predicted molar refractivity (Wildman–Crippen MR) is 133 cm³/mol. The van der Waals surface area contributed by atoms with Crippen LogP contribution in [0, 0.1) is 5.82 Å². The maximum Gasteiger partial charge on any atom is 0.166 e. The number of ether oxygens (including phenoxy) is 4. The van der Waals surface area contributed by atoms with E-state index in [1.165, 1.54) is 6.07 Å². The average Bonchev–Trinajstić information content (AvgIpc) is 2.90. The topological polar surface area (TPSA) is 49.8 Å². The van der Waals surface area contributed by atoms with Gasteiger partial charge in [-0.25, -0.2) is 4.39 Å². The van der Waals surface area contributed by atoms with Crippen molar-refractivity contribution in [3.05, 3.63) is 103 Å². The van der Waals surface area contributed by atoms with Crippen molar-refractivity contribution in [3.8, 4) is 45.6 Å². The van der Waals surface area contributed by atoms with Crippen molar-refractivity contribution < 1.29 is 23.3 Å². The van der Waals surface area contributed by atoms with Crippen molar-refractivity contribution in [1.82, 2.24) is 4.98 Å². The molecule has 0 aliphatic carbocycles. The third-order valence-corrected chi connectivity index (χ3v) is 5.53. The highest BCUT2D eigenvalue weighted by Gasteiger charge is 2.13. The van der Waals surface area contributed by atoms with Gasteiger partial charge in [0.25, 0.3) is 0 Å². The third kappa shape index (κ3) is 4.73. The van der Waals surface area contributed by atoms with E-state index in [9.17, 15) is 0 Å². The minimum atomic E-state index is -0.474. The first kappa shape index (κ1) is 22.2. The Hall–Kier alpha value is -4.58. The zero-order valence-electron chi connectivity index (χ0n) is 19.2. The minimum absolute atomic E-state index is 0.111. The van der Waals surface area contributed by atoms with Crippen LogP contribution in [0.15, 0.2) is 97.2 Å². The zero-order chi connectivity index (χ0) is 24.2. The lowest BCUT2D eigenvalue weighted by Gasteiger charge is -2.13. The van der Waals surface area contributed by atoms with Crippen LogP contribution in [0.4, 0.5) is 4.39 Å². The monoisotopic (exact) mass is 467 g/mol. The van der Waals surface area contributed by atoms with Crippen LogP contribution in [0.5, 0.6) is 34.5 Å². The smallest absolute Gasteiger partial charge is 0.166 e. The molecule has 0 radical (unpaired) electrons. The molecule has 5 aromatic rings. The first-order chi connectivity index (χ1) is 17.1. The molecule has 1 heterocycles. The molecule has 174 valence electrons. The number of pyridine rings is 1. The van der Waals surface area contributed by atoms with E-state index in [1.807, 2.05) is 60.7 Å². The Morgan fingerprint density at radius 3 is 2.00 bits per heavy atom. The van der Waals surface area contributed by atoms with E-state index in [0.717, 1.165) is 16.9 Å². The van der Waals surface area contributed by atoms with Crippen molar-refractivity contribution in [2.24, 2.45) is 0 Å². The Morgan fingerprint density at radius 1 is 0.600 bits per heavy atom. The molecule has 35 heavy (non-hydrogen) atoms. The number of methoxy groups -OCH3 is 2. The fourth-order valence-corrected chi connectivity index (χ4v) is 3.76. The van der Waals surface area contributed by atoms with E-state index in [1.54, 1.807) is 44.7 Å². The molecule has 0 bridgehead atoms. The van der Waals surface area contributed by atoms with Crippen LogP contribution in [-0.4, -0.2) is 19.2 Å². The largest absolute Gasteiger partial charge is 0.493 e. The fraction of sp³-hybridized carbons (Fsp3) is 0.0690. The van der Waals surface area contributed by atoms with Crippen molar-refractivity contribution in [2.45, 2.75) is 0 Å². The van der Waals surface area contributed by atoms with Crippen molar-refractivity contribution >= 4 is 10.9 Å². The molecule has 0 saturated carbocycles. The lowest BCUT2D eigenvalue weighted by Crippen LogP contribution is -1.94. The van der Waals surface area contributed by atoms with Gasteiger partial charge in [0, 0.05) is 17.6 Å². The molecular weight excluding hydrogens is 445 g/mol. The molecule has 0 aliphatic heterocycles. The normalized spacial score (nSPS) is 10.7. The first-order valence-electron chi connectivity index (χ1n) is 11.0. The van der Waals surface area contributed by atoms with Gasteiger partial charge in [0.2, 0.25) is 0 Å². The van der Waals surface area contributed by atoms with E-state index < -0.39 is 5.82 Å². The predicted octanol–water partition coefficient (Wildman–Crippen LogP) is 7.64. The minimum Gasteiger partial charge on any atom is -0.493 e. The van der Waals surface area contributed by atoms with Crippen molar-refractivity contribution in [3.63, 3.8) is 0 Å². The maximum atomic E-state index is 15.0. The van der Waals surface area contributed by atoms with E-state index in [4.69, 9.17) is 18.9 Å². The Morgan fingerprint density at radius 2 is 1.29 bits per heavy atom. The number of para-hydroxylation sites is 1. The second kappa shape index (κ2) is 9.73. The number of aromatic nitrogens is 1. The van der Waals surface area contributed by atoms with Gasteiger partial charge >= 0.3 is 0 Å². The van der Waals surface area contributed by atoms with Gasteiger partial charge in [0.05, 0.1) is 19.7 Å². The summed E-state index contributed by atoms with van der Waals surface area (Å²) in [5.41, 5.74) is 2.24. The van der Waals surface area contributed by atoms with Crippen molar-refractivity contribution in [2.75, 3.05) is 14.2 Å². The van der Waals surface area contributed by atoms with Gasteiger partial charge in [-0.15, -0.1) is 0 Å². The summed E-state index contributed by atoms with van der Waals surface area (Å²) in [7, 11) is 3.12. The molecule has 0 amide bonds. The second-order valence-electron chi connectivity index (χ2n) is 7.72. The molecule has 4 aromatic carbocycles. The average molecular weight is 467 g/mol. The first-order valence-corrected chi connectivity index (χ1v) is 11.0. The quantitative estimate of drug-likeness (QED) is 0.246. The highest BCUT2D eigenvalue weighted by atomic mass is 19.1. The molecule has 0 aliphatic rings. The Bertz CT molecular complexity index is 1470. The lowest BCUT2D eigenvalue weighted by atomic mass is 10.1. The maximum absolute atomic E-state index is 15.0. The third-order valence-electron chi connectivity index (χ3n) is 5.53. The molecule has 5 rings (SSSR count). The number of rotatable bonds is 7. The highest BCUT2D eigenvalue weighted by Crippen LogP contribution is 2.38. The van der Waals surface area contributed by atoms with Crippen molar-refractivity contribution in [1.29, 1.82) is 0 Å². The van der Waals surface area contributed by atoms with Gasteiger partial charge in [-0.2, -0.15) is 0 Å². The molecule has 0 atom stereocenters. The van der Waals surface area contributed by atoms with Gasteiger partial charge in [-0.05, 0) is 59.7 Å². The van der Waals surface area contributed by atoms with E-state index in [0.29, 0.717) is 33.9 Å². The zero-order valence-corrected chi connectivity index (χ0v) is 19.2. The molecule has 1 aromatic heterocycles. The van der Waals surface area contributed by atoms with Crippen LogP contribution >= 0.6 is 0 Å². The van der Waals surface area contributed by atoms with Gasteiger partial charge in [0.15, 0.2) is 23.1 Å². The van der Waals surface area contributed by atoms with Gasteiger partial charge in [-0.3, -0.25) is 4.98 Å². The summed E-state index contributed by atoms with van der Waals surface area (Å²) in [6.07, 6.45) is 1.61. The van der Waals surface area contributed by atoms with Gasteiger partial charge < -0.3 is 18.9 Å². The highest BCUT2D eigenvalue weighted by molar-refractivity contribution is 5.88. The van der Waals surface area contributed by atoms with Crippen LogP contribution in [0.2, 0.25) is 0 Å². The van der Waals surface area contributed by atoms with Crippen LogP contribution in [0.3, 0.4) is 0 Å². The van der Waals surface area contributed by atoms with Crippen LogP contribution in [0.25, 0.3) is 22.0 Å².